The summed E-state index contributed by atoms with van der Waals surface area (Å²) in [5.41, 5.74) is 0. The SMILES string of the molecule is C=C[C@@H]1CCC[C@H]1[C](=[Cr])OC. The molecule has 0 aromatic carbocycles. The van der Waals surface area contributed by atoms with Crippen molar-refractivity contribution >= 4 is 4.57 Å². The zero-order chi connectivity index (χ0) is 8.27. The van der Waals surface area contributed by atoms with Crippen LogP contribution in [0.4, 0.5) is 0 Å². The van der Waals surface area contributed by atoms with Crippen LogP contribution in [0.15, 0.2) is 12.7 Å². The first-order valence-corrected chi connectivity index (χ1v) is 4.63. The second-order valence-electron chi connectivity index (χ2n) is 2.96. The predicted molar refractivity (Wildman–Crippen MR) is 43.0 cm³/mol. The Balaban J connectivity index is 2.56. The van der Waals surface area contributed by atoms with Gasteiger partial charge in [-0.2, -0.15) is 0 Å². The Hall–Kier alpha value is 0.102. The van der Waals surface area contributed by atoms with Crippen molar-refractivity contribution in [1.29, 1.82) is 0 Å². The molecule has 0 aliphatic heterocycles. The Bertz CT molecular complexity index is 165. The standard InChI is InChI=1S/C9H14O.Cr/c1-3-8-5-4-6-9(8)7-10-2;/h3,8-9H,1,4-6H2,2H3;/t8-,9+;/m1./s1. The van der Waals surface area contributed by atoms with Crippen LogP contribution in [0.3, 0.4) is 0 Å². The number of methoxy groups -OCH3 is 1. The van der Waals surface area contributed by atoms with Crippen LogP contribution in [0.25, 0.3) is 0 Å². The molecule has 11 heavy (non-hydrogen) atoms. The van der Waals surface area contributed by atoms with E-state index in [9.17, 15) is 0 Å². The van der Waals surface area contributed by atoms with Crippen molar-refractivity contribution in [2.24, 2.45) is 11.8 Å². The Labute approximate surface area is 76.4 Å². The summed E-state index contributed by atoms with van der Waals surface area (Å²) in [4.78, 5) is 0. The van der Waals surface area contributed by atoms with Gasteiger partial charge in [0.15, 0.2) is 0 Å². The zero-order valence-electron chi connectivity index (χ0n) is 6.88. The minimum atomic E-state index is 0.581. The van der Waals surface area contributed by atoms with Crippen LogP contribution < -0.4 is 0 Å². The molecule has 2 atom stereocenters. The van der Waals surface area contributed by atoms with E-state index >= 15 is 0 Å². The fourth-order valence-electron chi connectivity index (χ4n) is 1.71. The van der Waals surface area contributed by atoms with Gasteiger partial charge in [0.1, 0.15) is 0 Å². The fraction of sp³-hybridized carbons (Fsp3) is 0.667. The summed E-state index contributed by atoms with van der Waals surface area (Å²) in [6, 6.07) is 0. The molecule has 0 N–H and O–H groups in total. The number of ether oxygens (including phenoxy) is 1. The van der Waals surface area contributed by atoms with Crippen molar-refractivity contribution in [2.45, 2.75) is 19.3 Å². The third-order valence-corrected chi connectivity index (χ3v) is 3.11. The molecule has 1 rings (SSSR count). The van der Waals surface area contributed by atoms with Gasteiger partial charge in [0.25, 0.3) is 0 Å². The molecule has 0 aromatic heterocycles. The van der Waals surface area contributed by atoms with Crippen LogP contribution >= 0.6 is 0 Å². The molecule has 0 unspecified atom stereocenters. The van der Waals surface area contributed by atoms with E-state index in [1.54, 1.807) is 7.11 Å². The summed E-state index contributed by atoms with van der Waals surface area (Å²) in [5.74, 6) is 1.21. The van der Waals surface area contributed by atoms with Gasteiger partial charge < -0.3 is 0 Å². The van der Waals surface area contributed by atoms with Crippen LogP contribution in [0, 0.1) is 11.8 Å². The molecule has 0 amide bonds. The summed E-state index contributed by atoms with van der Waals surface area (Å²) in [5, 5.41) is 0. The van der Waals surface area contributed by atoms with E-state index in [0.717, 1.165) is 4.57 Å². The number of hydrogen-bond donors (Lipinski definition) is 0. The molecule has 1 fully saturated rings. The van der Waals surface area contributed by atoms with Crippen molar-refractivity contribution < 1.29 is 20.6 Å². The molecule has 0 spiro atoms. The first kappa shape index (κ1) is 9.19. The van der Waals surface area contributed by atoms with Crippen LogP contribution in [0.5, 0.6) is 0 Å². The van der Waals surface area contributed by atoms with E-state index in [2.05, 4.69) is 22.4 Å². The molecule has 1 nitrogen and oxygen atoms in total. The van der Waals surface area contributed by atoms with Gasteiger partial charge in [0.2, 0.25) is 0 Å². The molecule has 1 aliphatic carbocycles. The van der Waals surface area contributed by atoms with Crippen molar-refractivity contribution in [1.82, 2.24) is 0 Å². The van der Waals surface area contributed by atoms with Gasteiger partial charge in [0, 0.05) is 0 Å². The monoisotopic (exact) mass is 190 g/mol. The molecule has 0 radical (unpaired) electrons. The topological polar surface area (TPSA) is 9.23 Å². The molecular weight excluding hydrogens is 176 g/mol. The van der Waals surface area contributed by atoms with E-state index in [1.165, 1.54) is 19.3 Å². The molecule has 2 heteroatoms. The zero-order valence-corrected chi connectivity index (χ0v) is 8.15. The normalized spacial score (nSPS) is 30.3. The Morgan fingerprint density at radius 2 is 2.36 bits per heavy atom. The summed E-state index contributed by atoms with van der Waals surface area (Å²) in [6.45, 7) is 3.83. The van der Waals surface area contributed by atoms with E-state index in [1.807, 2.05) is 6.08 Å². The quantitative estimate of drug-likeness (QED) is 0.618. The third-order valence-electron chi connectivity index (χ3n) is 2.38. The molecule has 0 bridgehead atoms. The molecule has 0 saturated heterocycles. The van der Waals surface area contributed by atoms with Gasteiger partial charge >= 0.3 is 76.0 Å². The van der Waals surface area contributed by atoms with Gasteiger partial charge in [-0.25, -0.2) is 0 Å². The average Bonchev–Trinajstić information content (AvgIpc) is 2.50. The van der Waals surface area contributed by atoms with Gasteiger partial charge in [-0.3, -0.25) is 0 Å². The summed E-state index contributed by atoms with van der Waals surface area (Å²) >= 11 is 2.98. The molecular formula is C9H14CrO. The Kier molecular flexibility index (Phi) is 3.52. The average molecular weight is 190 g/mol. The molecule has 1 saturated carbocycles. The van der Waals surface area contributed by atoms with Gasteiger partial charge in [0.05, 0.1) is 0 Å². The summed E-state index contributed by atoms with van der Waals surface area (Å²) in [7, 11) is 1.73. The predicted octanol–water partition coefficient (Wildman–Crippen LogP) is 1.91. The third kappa shape index (κ3) is 2.02. The Morgan fingerprint density at radius 3 is 2.91 bits per heavy atom. The van der Waals surface area contributed by atoms with Crippen LogP contribution in [-0.4, -0.2) is 11.7 Å². The number of allylic oxidation sites excluding steroid dienone is 1. The first-order chi connectivity index (χ1) is 5.29. The van der Waals surface area contributed by atoms with E-state index in [-0.39, 0.29) is 0 Å². The Morgan fingerprint density at radius 1 is 1.64 bits per heavy atom. The maximum atomic E-state index is 5.18. The van der Waals surface area contributed by atoms with E-state index in [4.69, 9.17) is 4.74 Å². The van der Waals surface area contributed by atoms with Crippen LogP contribution in [0.2, 0.25) is 0 Å². The molecule has 1 aliphatic rings. The molecule has 0 heterocycles. The molecule has 0 aromatic rings. The van der Waals surface area contributed by atoms with Crippen molar-refractivity contribution in [3.05, 3.63) is 12.7 Å². The second kappa shape index (κ2) is 4.21. The van der Waals surface area contributed by atoms with Crippen molar-refractivity contribution in [3.8, 4) is 0 Å². The first-order valence-electron chi connectivity index (χ1n) is 4.00. The number of hydrogen-bond acceptors (Lipinski definition) is 1. The summed E-state index contributed by atoms with van der Waals surface area (Å²) in [6.07, 6.45) is 5.86. The van der Waals surface area contributed by atoms with Crippen molar-refractivity contribution in [2.75, 3.05) is 7.11 Å². The van der Waals surface area contributed by atoms with Gasteiger partial charge in [-0.05, 0) is 0 Å². The minimum absolute atomic E-state index is 0.581. The van der Waals surface area contributed by atoms with Crippen LogP contribution in [0.1, 0.15) is 19.3 Å². The number of rotatable bonds is 3. The van der Waals surface area contributed by atoms with Gasteiger partial charge in [-0.15, -0.1) is 0 Å². The fourth-order valence-corrected chi connectivity index (χ4v) is 2.17. The van der Waals surface area contributed by atoms with Gasteiger partial charge in [-0.1, -0.05) is 0 Å². The maximum absolute atomic E-state index is 5.18. The second-order valence-corrected chi connectivity index (χ2v) is 3.59. The van der Waals surface area contributed by atoms with Crippen LogP contribution in [-0.2, 0) is 20.6 Å². The van der Waals surface area contributed by atoms with E-state index < -0.39 is 0 Å². The van der Waals surface area contributed by atoms with E-state index in [0.29, 0.717) is 11.8 Å². The van der Waals surface area contributed by atoms with Crippen molar-refractivity contribution in [3.63, 3.8) is 0 Å². The summed E-state index contributed by atoms with van der Waals surface area (Å²) < 4.78 is 6.23. The molecule has 62 valence electrons.